The molecule has 0 aliphatic rings. The third-order valence-corrected chi connectivity index (χ3v) is 7.44. The van der Waals surface area contributed by atoms with Gasteiger partial charge in [-0.2, -0.15) is 0 Å². The molecule has 0 radical (unpaired) electrons. The fourth-order valence-electron chi connectivity index (χ4n) is 3.96. The second-order valence-electron chi connectivity index (χ2n) is 7.98. The molecule has 0 fully saturated rings. The van der Waals surface area contributed by atoms with Gasteiger partial charge in [0.2, 0.25) is 0 Å². The molecule has 6 nitrogen and oxygen atoms in total. The summed E-state index contributed by atoms with van der Waals surface area (Å²) in [6, 6.07) is 24.7. The maximum Gasteiger partial charge on any atom is 1.00 e. The van der Waals surface area contributed by atoms with E-state index in [0.29, 0.717) is 22.6 Å². The minimum Gasteiger partial charge on any atom is -1.00 e. The summed E-state index contributed by atoms with van der Waals surface area (Å²) < 4.78 is 30.0. The second-order valence-corrected chi connectivity index (χ2v) is 10.1. The van der Waals surface area contributed by atoms with Crippen LogP contribution in [0.1, 0.15) is 23.2 Å². The zero-order chi connectivity index (χ0) is 23.9. The van der Waals surface area contributed by atoms with Gasteiger partial charge >= 0.3 is 29.6 Å². The Morgan fingerprint density at radius 2 is 1.69 bits per heavy atom. The van der Waals surface area contributed by atoms with E-state index in [1.54, 1.807) is 30.3 Å². The first-order valence-corrected chi connectivity index (χ1v) is 12.4. The number of rotatable bonds is 5. The quantitative estimate of drug-likeness (QED) is 0.366. The number of aryl methyl sites for hydroxylation is 1. The zero-order valence-electron chi connectivity index (χ0n) is 20.2. The Morgan fingerprint density at radius 3 is 2.46 bits per heavy atom. The van der Waals surface area contributed by atoms with Crippen LogP contribution in [0.25, 0.3) is 21.8 Å². The monoisotopic (exact) mass is 513 g/mol. The molecule has 1 aromatic heterocycles. The van der Waals surface area contributed by atoms with Crippen LogP contribution >= 0.6 is 11.6 Å². The zero-order valence-corrected chi connectivity index (χ0v) is 22.8. The number of hydrogen-bond donors (Lipinski definition) is 1. The maximum absolute atomic E-state index is 12.9. The number of sulfonamides is 1. The van der Waals surface area contributed by atoms with Crippen molar-refractivity contribution in [3.63, 3.8) is 0 Å². The Labute approximate surface area is 231 Å². The molecule has 0 bridgehead atoms. The van der Waals surface area contributed by atoms with Crippen molar-refractivity contribution in [3.05, 3.63) is 107 Å². The molecule has 9 heteroatoms. The van der Waals surface area contributed by atoms with Crippen LogP contribution < -0.4 is 34.3 Å². The molecular formula is C26H21ClN3NaO3S. The van der Waals surface area contributed by atoms with Crippen LogP contribution in [0.15, 0.2) is 89.8 Å². The average Bonchev–Trinajstić information content (AvgIpc) is 3.14. The molecule has 0 atom stereocenters. The van der Waals surface area contributed by atoms with Gasteiger partial charge in [-0.1, -0.05) is 60.1 Å². The number of fused-ring (bicyclic) bond motifs is 2. The molecule has 0 aliphatic heterocycles. The number of halogens is 1. The van der Waals surface area contributed by atoms with Crippen LogP contribution in [0.5, 0.6) is 0 Å². The molecule has 0 unspecified atom stereocenters. The summed E-state index contributed by atoms with van der Waals surface area (Å²) in [6.07, 6.45) is 0. The van der Waals surface area contributed by atoms with Crippen molar-refractivity contribution < 1.29 is 44.2 Å². The van der Waals surface area contributed by atoms with Gasteiger partial charge in [-0.25, -0.2) is 18.1 Å². The standard InChI is InChI=1S/C26H20ClN3O3S.Na.H/c1-17-28-24-13-11-20(15-25(24)30(17)16-21-8-4-5-9-23(21)27)26(31)29-34(32,33)22-12-10-18-6-2-3-7-19(18)14-22;;/h2-15H,16H2,1H3,(H,29,31);;/q;+1;-1. The van der Waals surface area contributed by atoms with Gasteiger partial charge in [0.25, 0.3) is 15.9 Å². The Morgan fingerprint density at radius 1 is 0.971 bits per heavy atom. The van der Waals surface area contributed by atoms with E-state index in [-0.39, 0.29) is 41.4 Å². The average molecular weight is 514 g/mol. The topological polar surface area (TPSA) is 81.1 Å². The van der Waals surface area contributed by atoms with Crippen molar-refractivity contribution in [2.75, 3.05) is 0 Å². The van der Waals surface area contributed by atoms with E-state index in [2.05, 4.69) is 9.71 Å². The van der Waals surface area contributed by atoms with Crippen molar-refractivity contribution in [1.29, 1.82) is 0 Å². The number of nitrogens with one attached hydrogen (secondary N) is 1. The van der Waals surface area contributed by atoms with Crippen molar-refractivity contribution in [1.82, 2.24) is 14.3 Å². The van der Waals surface area contributed by atoms with E-state index in [1.165, 1.54) is 6.07 Å². The normalized spacial score (nSPS) is 11.4. The molecule has 172 valence electrons. The van der Waals surface area contributed by atoms with Crippen molar-refractivity contribution in [3.8, 4) is 0 Å². The minimum absolute atomic E-state index is 0. The van der Waals surface area contributed by atoms with E-state index in [1.807, 2.05) is 60.0 Å². The maximum atomic E-state index is 12.9. The van der Waals surface area contributed by atoms with E-state index < -0.39 is 15.9 Å². The SMILES string of the molecule is Cc1nc2ccc(C(=O)NS(=O)(=O)c3ccc4ccccc4c3)cc2n1Cc1ccccc1Cl.[H-].[Na+]. The van der Waals surface area contributed by atoms with Crippen molar-refractivity contribution >= 4 is 49.3 Å². The minimum atomic E-state index is -4.05. The molecule has 1 N–H and O–H groups in total. The van der Waals surface area contributed by atoms with Crippen LogP contribution in [-0.2, 0) is 16.6 Å². The van der Waals surface area contributed by atoms with Gasteiger partial charge in [0, 0.05) is 10.6 Å². The molecule has 0 saturated heterocycles. The first-order valence-electron chi connectivity index (χ1n) is 10.6. The third-order valence-electron chi connectivity index (χ3n) is 5.75. The fourth-order valence-corrected chi connectivity index (χ4v) is 5.16. The predicted molar refractivity (Wildman–Crippen MR) is 135 cm³/mol. The molecule has 1 amide bonds. The molecule has 4 aromatic carbocycles. The molecule has 0 saturated carbocycles. The smallest absolute Gasteiger partial charge is 1.00 e. The molecule has 35 heavy (non-hydrogen) atoms. The number of aromatic nitrogens is 2. The van der Waals surface area contributed by atoms with Gasteiger partial charge < -0.3 is 5.99 Å². The first kappa shape index (κ1) is 25.4. The number of carbonyl (C=O) groups is 1. The summed E-state index contributed by atoms with van der Waals surface area (Å²) >= 11 is 6.33. The van der Waals surface area contributed by atoms with Gasteiger partial charge in [0.1, 0.15) is 5.82 Å². The van der Waals surface area contributed by atoms with Crippen LogP contribution in [0.4, 0.5) is 0 Å². The Balaban J connectivity index is 0.00000180. The molecule has 1 heterocycles. The van der Waals surface area contributed by atoms with Crippen LogP contribution in [-0.4, -0.2) is 23.9 Å². The summed E-state index contributed by atoms with van der Waals surface area (Å²) in [5.41, 5.74) is 2.56. The van der Waals surface area contributed by atoms with E-state index >= 15 is 0 Å². The molecule has 0 aliphatic carbocycles. The molecule has 5 rings (SSSR count). The van der Waals surface area contributed by atoms with Crippen LogP contribution in [0.3, 0.4) is 0 Å². The Hall–Kier alpha value is -2.68. The summed E-state index contributed by atoms with van der Waals surface area (Å²) in [5, 5.41) is 2.33. The molecule has 0 spiro atoms. The van der Waals surface area contributed by atoms with E-state index in [4.69, 9.17) is 11.6 Å². The first-order chi connectivity index (χ1) is 16.3. The largest absolute Gasteiger partial charge is 1.00 e. The summed E-state index contributed by atoms with van der Waals surface area (Å²) in [4.78, 5) is 17.5. The Bertz CT molecular complexity index is 1690. The number of carbonyl (C=O) groups excluding carboxylic acids is 1. The third kappa shape index (κ3) is 5.15. The van der Waals surface area contributed by atoms with Gasteiger partial charge in [0.15, 0.2) is 0 Å². The number of imidazole rings is 1. The predicted octanol–water partition coefficient (Wildman–Crippen LogP) is 2.43. The second kappa shape index (κ2) is 10.1. The van der Waals surface area contributed by atoms with Crippen LogP contribution in [0.2, 0.25) is 5.02 Å². The van der Waals surface area contributed by atoms with Gasteiger partial charge in [-0.05, 0) is 59.7 Å². The summed E-state index contributed by atoms with van der Waals surface area (Å²) in [7, 11) is -4.05. The summed E-state index contributed by atoms with van der Waals surface area (Å²) in [6.45, 7) is 2.35. The number of amides is 1. The molecule has 5 aromatic rings. The number of nitrogens with zero attached hydrogens (tertiary/aromatic N) is 2. The van der Waals surface area contributed by atoms with Crippen LogP contribution in [0, 0.1) is 6.92 Å². The van der Waals surface area contributed by atoms with Crippen molar-refractivity contribution in [2.45, 2.75) is 18.4 Å². The fraction of sp³-hybridized carbons (Fsp3) is 0.0769. The van der Waals surface area contributed by atoms with E-state index in [0.717, 1.165) is 22.2 Å². The molecular weight excluding hydrogens is 493 g/mol. The van der Waals surface area contributed by atoms with Gasteiger partial charge in [-0.3, -0.25) is 4.79 Å². The van der Waals surface area contributed by atoms with E-state index in [9.17, 15) is 13.2 Å². The van der Waals surface area contributed by atoms with Crippen molar-refractivity contribution in [2.24, 2.45) is 0 Å². The van der Waals surface area contributed by atoms with Gasteiger partial charge in [0.05, 0.1) is 22.5 Å². The number of hydrogen-bond acceptors (Lipinski definition) is 4. The number of benzene rings is 4. The Kier molecular flexibility index (Phi) is 7.35. The summed E-state index contributed by atoms with van der Waals surface area (Å²) in [5.74, 6) is 0.0504. The van der Waals surface area contributed by atoms with Gasteiger partial charge in [-0.15, -0.1) is 0 Å².